The summed E-state index contributed by atoms with van der Waals surface area (Å²) in [5.74, 6) is -1.62. The Hall–Kier alpha value is -4.00. The fourth-order valence-corrected chi connectivity index (χ4v) is 4.28. The van der Waals surface area contributed by atoms with Crippen molar-refractivity contribution in [1.29, 1.82) is 0 Å². The van der Waals surface area contributed by atoms with Crippen molar-refractivity contribution in [2.24, 2.45) is 0 Å². The average Bonchev–Trinajstić information content (AvgIpc) is 3.28. The molecule has 0 aliphatic rings. The largest absolute Gasteiger partial charge is 0.454 e. The lowest BCUT2D eigenvalue weighted by molar-refractivity contribution is 0.0474. The number of aryl methyl sites for hydroxylation is 2. The lowest BCUT2D eigenvalue weighted by atomic mass is 10.1. The summed E-state index contributed by atoms with van der Waals surface area (Å²) in [6.07, 6.45) is 0. The zero-order chi connectivity index (χ0) is 24.6. The number of hydrogen-bond acceptors (Lipinski definition) is 3. The maximum absolute atomic E-state index is 13.3. The van der Waals surface area contributed by atoms with Crippen LogP contribution in [0.2, 0.25) is 0 Å². The molecule has 0 unspecified atom stereocenters. The van der Waals surface area contributed by atoms with Crippen LogP contribution < -0.4 is 0 Å². The number of benzene rings is 2. The van der Waals surface area contributed by atoms with Gasteiger partial charge in [0, 0.05) is 39.7 Å². The number of carbonyl (C=O) groups is 2. The van der Waals surface area contributed by atoms with Gasteiger partial charge in [-0.3, -0.25) is 4.79 Å². The van der Waals surface area contributed by atoms with E-state index in [4.69, 9.17) is 4.74 Å². The standard InChI is InChI=1S/C27H24F2N2O3/c1-16-13-24(18(3)30(16)22-9-5-20(28)6-10-22)26(32)15-34-27(33)25-14-17(2)31(19(25)4)23-11-7-21(29)8-12-23/h5-14H,15H2,1-4H3. The van der Waals surface area contributed by atoms with Crippen molar-refractivity contribution in [3.63, 3.8) is 0 Å². The third-order valence-corrected chi connectivity index (χ3v) is 5.89. The molecule has 0 amide bonds. The van der Waals surface area contributed by atoms with Crippen molar-refractivity contribution in [2.75, 3.05) is 6.61 Å². The molecule has 5 nitrogen and oxygen atoms in total. The van der Waals surface area contributed by atoms with Crippen molar-refractivity contribution < 1.29 is 23.1 Å². The minimum Gasteiger partial charge on any atom is -0.454 e. The van der Waals surface area contributed by atoms with Gasteiger partial charge in [-0.2, -0.15) is 0 Å². The quantitative estimate of drug-likeness (QED) is 0.268. The number of carbonyl (C=O) groups excluding carboxylic acids is 2. The van der Waals surface area contributed by atoms with Crippen molar-refractivity contribution >= 4 is 11.8 Å². The van der Waals surface area contributed by atoms with Crippen molar-refractivity contribution in [2.45, 2.75) is 27.7 Å². The number of hydrogen-bond donors (Lipinski definition) is 0. The number of rotatable bonds is 6. The van der Waals surface area contributed by atoms with Crippen molar-refractivity contribution in [3.05, 3.63) is 106 Å². The summed E-state index contributed by atoms with van der Waals surface area (Å²) in [4.78, 5) is 25.6. The van der Waals surface area contributed by atoms with E-state index in [2.05, 4.69) is 0 Å². The Morgan fingerprint density at radius 1 is 0.706 bits per heavy atom. The zero-order valence-electron chi connectivity index (χ0n) is 19.4. The zero-order valence-corrected chi connectivity index (χ0v) is 19.4. The van der Waals surface area contributed by atoms with Gasteiger partial charge in [0.2, 0.25) is 5.78 Å². The molecule has 0 aliphatic carbocycles. The Bertz CT molecular complexity index is 1270. The molecule has 4 rings (SSSR count). The molecule has 34 heavy (non-hydrogen) atoms. The van der Waals surface area contributed by atoms with Crippen LogP contribution in [0.25, 0.3) is 11.4 Å². The van der Waals surface area contributed by atoms with Crippen molar-refractivity contribution in [3.8, 4) is 11.4 Å². The number of nitrogens with zero attached hydrogens (tertiary/aromatic N) is 2. The molecule has 0 saturated heterocycles. The van der Waals surface area contributed by atoms with Crippen LogP contribution in [0, 0.1) is 39.3 Å². The second kappa shape index (κ2) is 9.09. The maximum Gasteiger partial charge on any atom is 0.340 e. The number of halogens is 2. The summed E-state index contributed by atoms with van der Waals surface area (Å²) in [7, 11) is 0. The highest BCUT2D eigenvalue weighted by atomic mass is 19.1. The number of aromatic nitrogens is 2. The molecule has 0 fully saturated rings. The molecule has 0 saturated carbocycles. The fraction of sp³-hybridized carbons (Fsp3) is 0.185. The Balaban J connectivity index is 1.52. The molecule has 0 radical (unpaired) electrons. The predicted molar refractivity (Wildman–Crippen MR) is 125 cm³/mol. The minimum absolute atomic E-state index is 0.331. The molecule has 4 aromatic rings. The first-order valence-corrected chi connectivity index (χ1v) is 10.8. The van der Waals surface area contributed by atoms with Crippen molar-refractivity contribution in [1.82, 2.24) is 9.13 Å². The minimum atomic E-state index is -0.609. The summed E-state index contributed by atoms with van der Waals surface area (Å²) in [5.41, 5.74) is 5.14. The Morgan fingerprint density at radius 3 is 1.59 bits per heavy atom. The van der Waals surface area contributed by atoms with E-state index in [0.717, 1.165) is 22.8 Å². The monoisotopic (exact) mass is 462 g/mol. The first-order chi connectivity index (χ1) is 16.2. The van der Waals surface area contributed by atoms with Crippen LogP contribution in [-0.2, 0) is 4.74 Å². The Labute approximate surface area is 196 Å². The molecule has 0 spiro atoms. The molecule has 7 heteroatoms. The topological polar surface area (TPSA) is 53.2 Å². The molecule has 0 atom stereocenters. The Morgan fingerprint density at radius 2 is 1.12 bits per heavy atom. The molecule has 0 aliphatic heterocycles. The molecule has 174 valence electrons. The van der Waals surface area contributed by atoms with Gasteiger partial charge >= 0.3 is 5.97 Å². The summed E-state index contributed by atoms with van der Waals surface area (Å²) >= 11 is 0. The van der Waals surface area contributed by atoms with Crippen LogP contribution in [0.4, 0.5) is 8.78 Å². The molecule has 0 N–H and O–H groups in total. The first-order valence-electron chi connectivity index (χ1n) is 10.8. The van der Waals surface area contributed by atoms with E-state index >= 15 is 0 Å². The summed E-state index contributed by atoms with van der Waals surface area (Å²) in [6.45, 7) is 6.84. The van der Waals surface area contributed by atoms with Gasteiger partial charge in [0.15, 0.2) is 6.61 Å². The summed E-state index contributed by atoms with van der Waals surface area (Å²) in [5, 5.41) is 0. The second-order valence-corrected chi connectivity index (χ2v) is 8.19. The van der Waals surface area contributed by atoms with Gasteiger partial charge in [0.05, 0.1) is 5.56 Å². The lowest BCUT2D eigenvalue weighted by Gasteiger charge is -2.10. The molecule has 0 bridgehead atoms. The van der Waals surface area contributed by atoms with Gasteiger partial charge in [0.25, 0.3) is 0 Å². The van der Waals surface area contributed by atoms with E-state index < -0.39 is 12.6 Å². The Kier molecular flexibility index (Phi) is 6.20. The average molecular weight is 462 g/mol. The third-order valence-electron chi connectivity index (χ3n) is 5.89. The highest BCUT2D eigenvalue weighted by Crippen LogP contribution is 2.24. The molecule has 2 aromatic heterocycles. The first kappa shape index (κ1) is 23.2. The van der Waals surface area contributed by atoms with Gasteiger partial charge in [-0.05, 0) is 88.4 Å². The van der Waals surface area contributed by atoms with Crippen LogP contribution in [0.5, 0.6) is 0 Å². The molecular weight excluding hydrogens is 438 g/mol. The van der Waals surface area contributed by atoms with Crippen LogP contribution in [-0.4, -0.2) is 27.5 Å². The second-order valence-electron chi connectivity index (χ2n) is 8.19. The maximum atomic E-state index is 13.3. The summed E-state index contributed by atoms with van der Waals surface area (Å²) in [6, 6.07) is 15.4. The molecular formula is C27H24F2N2O3. The number of ether oxygens (including phenoxy) is 1. The van der Waals surface area contributed by atoms with Gasteiger partial charge < -0.3 is 13.9 Å². The smallest absolute Gasteiger partial charge is 0.340 e. The van der Waals surface area contributed by atoms with E-state index in [1.807, 2.05) is 23.0 Å². The lowest BCUT2D eigenvalue weighted by Crippen LogP contribution is -2.15. The normalized spacial score (nSPS) is 11.0. The van der Waals surface area contributed by atoms with Crippen LogP contribution in [0.3, 0.4) is 0 Å². The SMILES string of the molecule is Cc1cc(C(=O)COC(=O)c2cc(C)n(-c3ccc(F)cc3)c2C)c(C)n1-c1ccc(F)cc1. The van der Waals surface area contributed by atoms with E-state index in [1.54, 1.807) is 50.2 Å². The summed E-state index contributed by atoms with van der Waals surface area (Å²) < 4.78 is 35.6. The highest BCUT2D eigenvalue weighted by Gasteiger charge is 2.21. The van der Waals surface area contributed by atoms with E-state index in [1.165, 1.54) is 24.3 Å². The van der Waals surface area contributed by atoms with Gasteiger partial charge in [-0.15, -0.1) is 0 Å². The number of ketones is 1. The highest BCUT2D eigenvalue weighted by molar-refractivity contribution is 6.01. The molecule has 2 heterocycles. The van der Waals surface area contributed by atoms with Crippen LogP contribution in [0.15, 0.2) is 60.7 Å². The predicted octanol–water partition coefficient (Wildman–Crippen LogP) is 5.82. The molecule has 2 aromatic carbocycles. The van der Waals surface area contributed by atoms with Gasteiger partial charge in [-0.1, -0.05) is 0 Å². The van der Waals surface area contributed by atoms with Gasteiger partial charge in [-0.25, -0.2) is 13.6 Å². The van der Waals surface area contributed by atoms with E-state index in [-0.39, 0.29) is 17.4 Å². The van der Waals surface area contributed by atoms with Crippen LogP contribution >= 0.6 is 0 Å². The number of esters is 1. The van der Waals surface area contributed by atoms with E-state index in [9.17, 15) is 18.4 Å². The number of Topliss-reactive ketones (excluding diaryl/α,β-unsaturated/α-hetero) is 1. The fourth-order valence-electron chi connectivity index (χ4n) is 4.28. The third kappa shape index (κ3) is 4.29. The van der Waals surface area contributed by atoms with Crippen LogP contribution in [0.1, 0.15) is 43.5 Å². The van der Waals surface area contributed by atoms with Gasteiger partial charge in [0.1, 0.15) is 11.6 Å². The van der Waals surface area contributed by atoms with E-state index in [0.29, 0.717) is 22.5 Å².